The number of nitrogens with one attached hydrogen (secondary N) is 1. The molecule has 0 aliphatic heterocycles. The van der Waals surface area contributed by atoms with Crippen molar-refractivity contribution in [3.05, 3.63) is 80.2 Å². The van der Waals surface area contributed by atoms with Crippen LogP contribution in [0.3, 0.4) is 0 Å². The van der Waals surface area contributed by atoms with E-state index in [0.717, 1.165) is 46.6 Å². The monoisotopic (exact) mass is 450 g/mol. The molecule has 0 atom stereocenters. The van der Waals surface area contributed by atoms with Crippen molar-refractivity contribution >= 4 is 45.7 Å². The molecule has 4 rings (SSSR count). The number of amides is 1. The minimum atomic E-state index is -0.0602. The molecule has 160 valence electrons. The van der Waals surface area contributed by atoms with Crippen LogP contribution in [0.15, 0.2) is 47.5 Å². The molecule has 1 N–H and O–H groups in total. The molecule has 1 aliphatic rings. The highest BCUT2D eigenvalue weighted by molar-refractivity contribution is 7.16. The van der Waals surface area contributed by atoms with Gasteiger partial charge in [-0.3, -0.25) is 4.79 Å². The van der Waals surface area contributed by atoms with Crippen molar-refractivity contribution < 1.29 is 4.79 Å². The molecular weight excluding hydrogens is 424 g/mol. The number of fused-ring (bicyclic) bond motifs is 1. The van der Waals surface area contributed by atoms with E-state index in [4.69, 9.17) is 16.6 Å². The average molecular weight is 451 g/mol. The Morgan fingerprint density at radius 1 is 1.03 bits per heavy atom. The van der Waals surface area contributed by atoms with Gasteiger partial charge in [-0.05, 0) is 80.0 Å². The number of rotatable bonds is 4. The summed E-state index contributed by atoms with van der Waals surface area (Å²) in [6, 6.07) is 13.6. The van der Waals surface area contributed by atoms with Gasteiger partial charge in [0, 0.05) is 21.8 Å². The minimum absolute atomic E-state index is 0.0602. The Morgan fingerprint density at radius 2 is 1.77 bits per heavy atom. The fraction of sp³-hybridized carbons (Fsp3) is 0.308. The topological polar surface area (TPSA) is 41.5 Å². The smallest absolute Gasteiger partial charge is 0.259 e. The maximum atomic E-state index is 13.5. The highest BCUT2D eigenvalue weighted by Crippen LogP contribution is 2.39. The first-order valence-corrected chi connectivity index (χ1v) is 12.0. The van der Waals surface area contributed by atoms with Crippen LogP contribution in [0.5, 0.6) is 0 Å². The van der Waals surface area contributed by atoms with Gasteiger partial charge in [0.2, 0.25) is 0 Å². The number of hydrogen-bond acceptors (Lipinski definition) is 3. The van der Waals surface area contributed by atoms with Gasteiger partial charge < -0.3 is 5.32 Å². The van der Waals surface area contributed by atoms with Crippen molar-refractivity contribution in [3.63, 3.8) is 0 Å². The molecule has 0 unspecified atom stereocenters. The van der Waals surface area contributed by atoms with E-state index in [0.29, 0.717) is 5.02 Å². The number of aliphatic imine (C=N–C) groups is 1. The van der Waals surface area contributed by atoms with E-state index in [2.05, 4.69) is 18.3 Å². The molecule has 1 heterocycles. The molecule has 1 aliphatic carbocycles. The zero-order valence-corrected chi connectivity index (χ0v) is 19.6. The molecule has 2 aromatic carbocycles. The van der Waals surface area contributed by atoms with E-state index in [1.54, 1.807) is 11.3 Å². The molecule has 1 amide bonds. The van der Waals surface area contributed by atoms with Crippen molar-refractivity contribution in [1.29, 1.82) is 0 Å². The van der Waals surface area contributed by atoms with Crippen molar-refractivity contribution in [2.24, 2.45) is 4.99 Å². The number of anilines is 1. The molecule has 5 heteroatoms. The van der Waals surface area contributed by atoms with Gasteiger partial charge in [0.15, 0.2) is 0 Å². The van der Waals surface area contributed by atoms with Gasteiger partial charge in [0.05, 0.1) is 5.56 Å². The lowest BCUT2D eigenvalue weighted by molar-refractivity contribution is 0.102. The first-order chi connectivity index (χ1) is 15.0. The largest absolute Gasteiger partial charge is 0.322 e. The van der Waals surface area contributed by atoms with Crippen molar-refractivity contribution in [2.45, 2.75) is 52.4 Å². The number of nitrogens with zero attached hydrogens (tertiary/aromatic N) is 1. The Kier molecular flexibility index (Phi) is 6.89. The summed E-state index contributed by atoms with van der Waals surface area (Å²) < 4.78 is 0. The summed E-state index contributed by atoms with van der Waals surface area (Å²) in [6.07, 6.45) is 8.56. The Bertz CT molecular complexity index is 1120. The number of carbonyl (C=O) groups excluding carboxylic acids is 1. The number of thiophene rings is 1. The Morgan fingerprint density at radius 3 is 2.55 bits per heavy atom. The summed E-state index contributed by atoms with van der Waals surface area (Å²) >= 11 is 7.67. The summed E-state index contributed by atoms with van der Waals surface area (Å²) in [5, 5.41) is 4.66. The summed E-state index contributed by atoms with van der Waals surface area (Å²) in [5.74, 6) is -0.0602. The van der Waals surface area contributed by atoms with Crippen LogP contribution in [0.4, 0.5) is 10.7 Å². The summed E-state index contributed by atoms with van der Waals surface area (Å²) in [7, 11) is 0. The molecule has 31 heavy (non-hydrogen) atoms. The highest BCUT2D eigenvalue weighted by atomic mass is 35.5. The Labute approximate surface area is 193 Å². The van der Waals surface area contributed by atoms with E-state index in [1.807, 2.05) is 49.5 Å². The third-order valence-corrected chi connectivity index (χ3v) is 7.39. The van der Waals surface area contributed by atoms with Crippen molar-refractivity contribution in [1.82, 2.24) is 0 Å². The van der Waals surface area contributed by atoms with Crippen LogP contribution in [0.1, 0.15) is 63.2 Å². The zero-order valence-electron chi connectivity index (χ0n) is 18.0. The Balaban J connectivity index is 1.72. The van der Waals surface area contributed by atoms with Gasteiger partial charge in [-0.25, -0.2) is 4.99 Å². The third kappa shape index (κ3) is 5.08. The number of hydrogen-bond donors (Lipinski definition) is 1. The summed E-state index contributed by atoms with van der Waals surface area (Å²) in [5.41, 5.74) is 6.03. The molecule has 0 saturated carbocycles. The molecular formula is C26H27ClN2OS. The second kappa shape index (κ2) is 9.80. The highest BCUT2D eigenvalue weighted by Gasteiger charge is 2.24. The van der Waals surface area contributed by atoms with Crippen LogP contribution in [0.2, 0.25) is 5.02 Å². The van der Waals surface area contributed by atoms with E-state index in [-0.39, 0.29) is 5.91 Å². The van der Waals surface area contributed by atoms with Gasteiger partial charge in [-0.1, -0.05) is 48.7 Å². The standard InChI is InChI=1S/C26H27ClN2OS/c1-17-8-7-10-22(18(17)2)29-25(30)24-21-9-5-3-4-6-11-23(21)31-26(24)28-16-19-12-14-20(27)15-13-19/h7-8,10,12-16H,3-6,9,11H2,1-2H3,(H,29,30). The average Bonchev–Trinajstić information content (AvgIpc) is 3.07. The lowest BCUT2D eigenvalue weighted by atomic mass is 9.96. The normalized spacial score (nSPS) is 14.2. The van der Waals surface area contributed by atoms with Crippen LogP contribution in [0.25, 0.3) is 0 Å². The number of halogens is 1. The Hall–Kier alpha value is -2.43. The van der Waals surface area contributed by atoms with E-state index < -0.39 is 0 Å². The van der Waals surface area contributed by atoms with Crippen LogP contribution < -0.4 is 5.32 Å². The second-order valence-electron chi connectivity index (χ2n) is 8.11. The van der Waals surface area contributed by atoms with Crippen LogP contribution in [-0.2, 0) is 12.8 Å². The molecule has 0 spiro atoms. The molecule has 3 nitrogen and oxygen atoms in total. The van der Waals surface area contributed by atoms with Gasteiger partial charge in [-0.2, -0.15) is 0 Å². The van der Waals surface area contributed by atoms with Crippen molar-refractivity contribution in [2.75, 3.05) is 5.32 Å². The minimum Gasteiger partial charge on any atom is -0.322 e. The first-order valence-electron chi connectivity index (χ1n) is 10.8. The van der Waals surface area contributed by atoms with E-state index in [9.17, 15) is 4.79 Å². The van der Waals surface area contributed by atoms with Gasteiger partial charge >= 0.3 is 0 Å². The predicted octanol–water partition coefficient (Wildman–Crippen LogP) is 7.68. The quantitative estimate of drug-likeness (QED) is 0.407. The SMILES string of the molecule is Cc1cccc(NC(=O)c2c(N=Cc3ccc(Cl)cc3)sc3c2CCCCCC3)c1C. The predicted molar refractivity (Wildman–Crippen MR) is 133 cm³/mol. The second-order valence-corrected chi connectivity index (χ2v) is 9.63. The molecule has 3 aromatic rings. The molecule has 1 aromatic heterocycles. The summed E-state index contributed by atoms with van der Waals surface area (Å²) in [6.45, 7) is 4.11. The molecule has 0 fully saturated rings. The van der Waals surface area contributed by atoms with Crippen LogP contribution in [0, 0.1) is 13.8 Å². The fourth-order valence-electron chi connectivity index (χ4n) is 3.98. The zero-order chi connectivity index (χ0) is 21.8. The van der Waals surface area contributed by atoms with Crippen LogP contribution >= 0.6 is 22.9 Å². The lowest BCUT2D eigenvalue weighted by Gasteiger charge is -2.13. The molecule has 0 bridgehead atoms. The maximum absolute atomic E-state index is 13.5. The van der Waals surface area contributed by atoms with E-state index in [1.165, 1.54) is 35.3 Å². The molecule has 0 saturated heterocycles. The van der Waals surface area contributed by atoms with Gasteiger partial charge in [-0.15, -0.1) is 11.3 Å². The third-order valence-electron chi connectivity index (χ3n) is 5.93. The summed E-state index contributed by atoms with van der Waals surface area (Å²) in [4.78, 5) is 19.6. The van der Waals surface area contributed by atoms with E-state index >= 15 is 0 Å². The van der Waals surface area contributed by atoms with Crippen molar-refractivity contribution in [3.8, 4) is 0 Å². The van der Waals surface area contributed by atoms with Gasteiger partial charge in [0.25, 0.3) is 5.91 Å². The lowest BCUT2D eigenvalue weighted by Crippen LogP contribution is -2.15. The number of aryl methyl sites for hydroxylation is 2. The van der Waals surface area contributed by atoms with Gasteiger partial charge in [0.1, 0.15) is 5.00 Å². The molecule has 0 radical (unpaired) electrons. The maximum Gasteiger partial charge on any atom is 0.259 e. The van der Waals surface area contributed by atoms with Crippen LogP contribution in [-0.4, -0.2) is 12.1 Å². The number of carbonyl (C=O) groups is 1. The number of benzene rings is 2. The first kappa shape index (κ1) is 21.8. The fourth-order valence-corrected chi connectivity index (χ4v) is 5.34.